The second kappa shape index (κ2) is 9.42. The fourth-order valence-electron chi connectivity index (χ4n) is 3.01. The maximum absolute atomic E-state index is 12.1. The first kappa shape index (κ1) is 19.2. The number of nitrogens with zero attached hydrogens (tertiary/aromatic N) is 2. The number of anilines is 1. The van der Waals surface area contributed by atoms with Gasteiger partial charge in [0.15, 0.2) is 0 Å². The van der Waals surface area contributed by atoms with E-state index in [1.807, 2.05) is 26.2 Å². The molecule has 0 saturated carbocycles. The van der Waals surface area contributed by atoms with Gasteiger partial charge in [-0.05, 0) is 49.5 Å². The zero-order chi connectivity index (χ0) is 18.2. The van der Waals surface area contributed by atoms with Gasteiger partial charge in [-0.1, -0.05) is 12.1 Å². The topological polar surface area (TPSA) is 64.7 Å². The van der Waals surface area contributed by atoms with Gasteiger partial charge in [0.05, 0.1) is 6.54 Å². The summed E-state index contributed by atoms with van der Waals surface area (Å²) in [5.41, 5.74) is 2.25. The lowest BCUT2D eigenvalue weighted by molar-refractivity contribution is -0.122. The molecule has 2 amide bonds. The Morgan fingerprint density at radius 1 is 1.12 bits per heavy atom. The fourth-order valence-corrected chi connectivity index (χ4v) is 3.01. The Morgan fingerprint density at radius 3 is 2.32 bits per heavy atom. The SMILES string of the molecule is CC(=O)NCC1CCN(CC(=O)NCc2ccc(N(C)C)cc2)CC1. The van der Waals surface area contributed by atoms with Gasteiger partial charge in [-0.25, -0.2) is 0 Å². The molecule has 1 saturated heterocycles. The molecule has 2 rings (SSSR count). The average Bonchev–Trinajstić information content (AvgIpc) is 2.59. The van der Waals surface area contributed by atoms with Crippen molar-refractivity contribution in [3.63, 3.8) is 0 Å². The summed E-state index contributed by atoms with van der Waals surface area (Å²) in [6.07, 6.45) is 2.05. The van der Waals surface area contributed by atoms with E-state index in [1.54, 1.807) is 6.92 Å². The lowest BCUT2D eigenvalue weighted by atomic mass is 9.97. The smallest absolute Gasteiger partial charge is 0.234 e. The van der Waals surface area contributed by atoms with Crippen LogP contribution in [0.2, 0.25) is 0 Å². The molecule has 6 nitrogen and oxygen atoms in total. The molecule has 6 heteroatoms. The van der Waals surface area contributed by atoms with Gasteiger partial charge in [-0.3, -0.25) is 14.5 Å². The van der Waals surface area contributed by atoms with E-state index in [9.17, 15) is 9.59 Å². The van der Waals surface area contributed by atoms with E-state index >= 15 is 0 Å². The molecule has 1 aliphatic heterocycles. The molecule has 0 aromatic heterocycles. The van der Waals surface area contributed by atoms with Gasteiger partial charge in [-0.15, -0.1) is 0 Å². The molecule has 25 heavy (non-hydrogen) atoms. The zero-order valence-corrected chi connectivity index (χ0v) is 15.5. The first-order chi connectivity index (χ1) is 11.9. The minimum atomic E-state index is 0.0282. The number of hydrogen-bond donors (Lipinski definition) is 2. The van der Waals surface area contributed by atoms with Gasteiger partial charge in [0.2, 0.25) is 11.8 Å². The number of carbonyl (C=O) groups is 2. The fraction of sp³-hybridized carbons (Fsp3) is 0.579. The summed E-state index contributed by atoms with van der Waals surface area (Å²) in [5, 5.41) is 5.88. The van der Waals surface area contributed by atoms with E-state index < -0.39 is 0 Å². The first-order valence-corrected chi connectivity index (χ1v) is 8.94. The van der Waals surface area contributed by atoms with Crippen LogP contribution in [0.4, 0.5) is 5.69 Å². The number of nitrogens with one attached hydrogen (secondary N) is 2. The molecular formula is C19H30N4O2. The molecular weight excluding hydrogens is 316 g/mol. The van der Waals surface area contributed by atoms with Gasteiger partial charge in [0, 0.05) is 39.8 Å². The predicted octanol–water partition coefficient (Wildman–Crippen LogP) is 1.22. The van der Waals surface area contributed by atoms with Gasteiger partial charge < -0.3 is 15.5 Å². The molecule has 0 radical (unpaired) electrons. The number of benzene rings is 1. The van der Waals surface area contributed by atoms with Crippen molar-refractivity contribution in [2.45, 2.75) is 26.3 Å². The van der Waals surface area contributed by atoms with Crippen LogP contribution < -0.4 is 15.5 Å². The number of carbonyl (C=O) groups excluding carboxylic acids is 2. The van der Waals surface area contributed by atoms with E-state index in [0.29, 0.717) is 19.0 Å². The molecule has 1 heterocycles. The van der Waals surface area contributed by atoms with Crippen LogP contribution in [0, 0.1) is 5.92 Å². The number of hydrogen-bond acceptors (Lipinski definition) is 4. The van der Waals surface area contributed by atoms with Crippen LogP contribution in [0.1, 0.15) is 25.3 Å². The highest BCUT2D eigenvalue weighted by Gasteiger charge is 2.20. The Kier molecular flexibility index (Phi) is 7.25. The van der Waals surface area contributed by atoms with Crippen molar-refractivity contribution in [3.05, 3.63) is 29.8 Å². The van der Waals surface area contributed by atoms with Gasteiger partial charge >= 0.3 is 0 Å². The molecule has 0 aliphatic carbocycles. The largest absolute Gasteiger partial charge is 0.378 e. The van der Waals surface area contributed by atoms with Crippen molar-refractivity contribution in [3.8, 4) is 0 Å². The molecule has 1 aliphatic rings. The number of likely N-dealkylation sites (tertiary alicyclic amines) is 1. The molecule has 1 fully saturated rings. The van der Waals surface area contributed by atoms with Crippen molar-refractivity contribution in [1.29, 1.82) is 0 Å². The lowest BCUT2D eigenvalue weighted by Gasteiger charge is -2.31. The molecule has 0 atom stereocenters. The maximum Gasteiger partial charge on any atom is 0.234 e. The maximum atomic E-state index is 12.1. The lowest BCUT2D eigenvalue weighted by Crippen LogP contribution is -2.43. The van der Waals surface area contributed by atoms with E-state index in [4.69, 9.17) is 0 Å². The van der Waals surface area contributed by atoms with E-state index in [2.05, 4.69) is 32.6 Å². The summed E-state index contributed by atoms with van der Waals surface area (Å²) in [5.74, 6) is 0.621. The van der Waals surface area contributed by atoms with Crippen molar-refractivity contribution < 1.29 is 9.59 Å². The van der Waals surface area contributed by atoms with Gasteiger partial charge in [0.25, 0.3) is 0 Å². The van der Waals surface area contributed by atoms with Crippen molar-refractivity contribution in [1.82, 2.24) is 15.5 Å². The third-order valence-electron chi connectivity index (χ3n) is 4.66. The Labute approximate surface area is 150 Å². The number of piperidine rings is 1. The number of amides is 2. The monoisotopic (exact) mass is 346 g/mol. The highest BCUT2D eigenvalue weighted by atomic mass is 16.2. The molecule has 0 bridgehead atoms. The van der Waals surface area contributed by atoms with Crippen molar-refractivity contribution >= 4 is 17.5 Å². The molecule has 138 valence electrons. The first-order valence-electron chi connectivity index (χ1n) is 8.94. The van der Waals surface area contributed by atoms with Crippen LogP contribution in [0.5, 0.6) is 0 Å². The van der Waals surface area contributed by atoms with E-state index in [-0.39, 0.29) is 11.8 Å². The third kappa shape index (κ3) is 6.74. The van der Waals surface area contributed by atoms with Crippen LogP contribution in [0.15, 0.2) is 24.3 Å². The second-order valence-electron chi connectivity index (χ2n) is 6.99. The predicted molar refractivity (Wildman–Crippen MR) is 100 cm³/mol. The minimum Gasteiger partial charge on any atom is -0.378 e. The highest BCUT2D eigenvalue weighted by molar-refractivity contribution is 5.78. The molecule has 0 unspecified atom stereocenters. The quantitative estimate of drug-likeness (QED) is 0.779. The summed E-state index contributed by atoms with van der Waals surface area (Å²) in [6, 6.07) is 8.20. The second-order valence-corrected chi connectivity index (χ2v) is 6.99. The Bertz CT molecular complexity index is 563. The molecule has 1 aromatic carbocycles. The van der Waals surface area contributed by atoms with Gasteiger partial charge in [0.1, 0.15) is 0 Å². The summed E-state index contributed by atoms with van der Waals surface area (Å²) in [7, 11) is 4.02. The van der Waals surface area contributed by atoms with E-state index in [0.717, 1.165) is 43.7 Å². The molecule has 1 aromatic rings. The van der Waals surface area contributed by atoms with Crippen LogP contribution in [0.25, 0.3) is 0 Å². The van der Waals surface area contributed by atoms with Crippen LogP contribution in [0.3, 0.4) is 0 Å². The summed E-state index contributed by atoms with van der Waals surface area (Å²) >= 11 is 0. The average molecular weight is 346 g/mol. The Morgan fingerprint density at radius 2 is 1.76 bits per heavy atom. The normalized spacial score (nSPS) is 15.6. The standard InChI is InChI=1S/C19H30N4O2/c1-15(24)20-12-17-8-10-23(11-9-17)14-19(25)21-13-16-4-6-18(7-5-16)22(2)3/h4-7,17H,8-14H2,1-3H3,(H,20,24)(H,21,25). The van der Waals surface area contributed by atoms with Crippen molar-refractivity contribution in [2.24, 2.45) is 5.92 Å². The molecule has 2 N–H and O–H groups in total. The minimum absolute atomic E-state index is 0.0282. The van der Waals surface area contributed by atoms with Crippen LogP contribution in [-0.2, 0) is 16.1 Å². The van der Waals surface area contributed by atoms with E-state index in [1.165, 1.54) is 0 Å². The number of rotatable bonds is 7. The Balaban J connectivity index is 1.66. The molecule has 0 spiro atoms. The summed E-state index contributed by atoms with van der Waals surface area (Å²) in [6.45, 7) is 5.13. The van der Waals surface area contributed by atoms with Crippen molar-refractivity contribution in [2.75, 3.05) is 45.2 Å². The Hall–Kier alpha value is -2.08. The van der Waals surface area contributed by atoms with Gasteiger partial charge in [-0.2, -0.15) is 0 Å². The third-order valence-corrected chi connectivity index (χ3v) is 4.66. The summed E-state index contributed by atoms with van der Waals surface area (Å²) in [4.78, 5) is 27.3. The summed E-state index contributed by atoms with van der Waals surface area (Å²) < 4.78 is 0. The van der Waals surface area contributed by atoms with Crippen LogP contribution in [-0.4, -0.2) is 57.0 Å². The zero-order valence-electron chi connectivity index (χ0n) is 15.5. The van der Waals surface area contributed by atoms with Crippen LogP contribution >= 0.6 is 0 Å². The highest BCUT2D eigenvalue weighted by Crippen LogP contribution is 2.16.